The van der Waals surface area contributed by atoms with E-state index in [0.29, 0.717) is 45.1 Å². The van der Waals surface area contributed by atoms with Gasteiger partial charge >= 0.3 is 0 Å². The van der Waals surface area contributed by atoms with E-state index in [-0.39, 0.29) is 0 Å². The van der Waals surface area contributed by atoms with Crippen molar-refractivity contribution in [1.29, 1.82) is 0 Å². The molecule has 0 radical (unpaired) electrons. The molecular weight excluding hydrogens is 452 g/mol. The Hall–Kier alpha value is -5.24. The van der Waals surface area contributed by atoms with E-state index < -0.39 is 11.8 Å². The molecule has 0 fully saturated rings. The van der Waals surface area contributed by atoms with Crippen LogP contribution in [0.15, 0.2) is 119 Å². The van der Waals surface area contributed by atoms with Gasteiger partial charge in [0.05, 0.1) is 11.1 Å². The van der Waals surface area contributed by atoms with Crippen LogP contribution in [-0.4, -0.2) is 23.2 Å². The lowest BCUT2D eigenvalue weighted by Crippen LogP contribution is -2.28. The van der Waals surface area contributed by atoms with Crippen LogP contribution in [0, 0.1) is 0 Å². The molecule has 0 bridgehead atoms. The molecule has 0 aromatic heterocycles. The second-order valence-corrected chi connectivity index (χ2v) is 7.71. The number of hydrazone groups is 2. The summed E-state index contributed by atoms with van der Waals surface area (Å²) in [7, 11) is 0. The van der Waals surface area contributed by atoms with Crippen LogP contribution in [0.4, 0.5) is 11.4 Å². The molecule has 0 spiro atoms. The molecule has 36 heavy (non-hydrogen) atoms. The van der Waals surface area contributed by atoms with Crippen molar-refractivity contribution in [2.75, 3.05) is 11.5 Å². The monoisotopic (exact) mass is 476 g/mol. The molecule has 6 N–H and O–H groups in total. The van der Waals surface area contributed by atoms with Gasteiger partial charge in [-0.25, -0.2) is 10.9 Å². The van der Waals surface area contributed by atoms with Crippen molar-refractivity contribution in [3.63, 3.8) is 0 Å². The van der Waals surface area contributed by atoms with Crippen LogP contribution in [-0.2, 0) is 0 Å². The number of nitrogens with zero attached hydrogens (tertiary/aromatic N) is 2. The number of amides is 2. The number of rotatable bonds is 7. The lowest BCUT2D eigenvalue weighted by atomic mass is 10.00. The number of carbonyl (C=O) groups is 2. The second-order valence-electron chi connectivity index (χ2n) is 7.71. The molecule has 0 aliphatic heterocycles. The van der Waals surface area contributed by atoms with Crippen LogP contribution >= 0.6 is 0 Å². The first-order chi connectivity index (χ1) is 17.5. The number of benzene rings is 4. The van der Waals surface area contributed by atoms with Gasteiger partial charge in [0.2, 0.25) is 0 Å². The molecule has 8 heteroatoms. The Kier molecular flexibility index (Phi) is 7.47. The third-order valence-corrected chi connectivity index (χ3v) is 5.27. The Morgan fingerprint density at radius 2 is 0.833 bits per heavy atom. The molecule has 0 aliphatic rings. The number of nitrogens with two attached hydrogens (primary N) is 2. The van der Waals surface area contributed by atoms with Crippen molar-refractivity contribution < 1.29 is 9.59 Å². The number of carbonyl (C=O) groups excluding carboxylic acids is 2. The van der Waals surface area contributed by atoms with Gasteiger partial charge in [-0.05, 0) is 24.3 Å². The topological polar surface area (TPSA) is 135 Å². The summed E-state index contributed by atoms with van der Waals surface area (Å²) < 4.78 is 0. The Morgan fingerprint density at radius 1 is 0.500 bits per heavy atom. The highest BCUT2D eigenvalue weighted by molar-refractivity contribution is 6.53. The molecule has 2 amide bonds. The number of hydrogen-bond acceptors (Lipinski definition) is 6. The first kappa shape index (κ1) is 23.9. The van der Waals surface area contributed by atoms with Gasteiger partial charge < -0.3 is 11.5 Å². The third-order valence-electron chi connectivity index (χ3n) is 5.27. The smallest absolute Gasteiger partial charge is 0.273 e. The summed E-state index contributed by atoms with van der Waals surface area (Å²) in [4.78, 5) is 25.7. The van der Waals surface area contributed by atoms with E-state index in [1.54, 1.807) is 48.5 Å². The van der Waals surface area contributed by atoms with Gasteiger partial charge in [-0.1, -0.05) is 84.9 Å². The second kappa shape index (κ2) is 11.3. The minimum atomic E-state index is -0.477. The lowest BCUT2D eigenvalue weighted by molar-refractivity contribution is 0.0947. The zero-order chi connectivity index (χ0) is 25.3. The number of anilines is 2. The number of nitrogens with one attached hydrogen (secondary N) is 2. The zero-order valence-electron chi connectivity index (χ0n) is 19.3. The fourth-order valence-corrected chi connectivity index (χ4v) is 3.44. The largest absolute Gasteiger partial charge is 0.398 e. The van der Waals surface area contributed by atoms with Crippen molar-refractivity contribution >= 4 is 34.6 Å². The lowest BCUT2D eigenvalue weighted by Gasteiger charge is -2.12. The van der Waals surface area contributed by atoms with Gasteiger partial charge in [0.1, 0.15) is 11.4 Å². The first-order valence-electron chi connectivity index (χ1n) is 11.1. The molecule has 0 saturated carbocycles. The molecule has 4 aromatic carbocycles. The van der Waals surface area contributed by atoms with Crippen molar-refractivity contribution in [3.05, 3.63) is 131 Å². The standard InChI is InChI=1S/C28H24N6O2/c29-23-17-9-7-15-21(23)27(35)33-31-25(19-11-3-1-4-12-19)26(20-13-5-2-6-14-20)32-34-28(36)22-16-8-10-18-24(22)30/h1-18H,29-30H2,(H,33,35)(H,34,36)/b31-25-,32-26?. The van der Waals surface area contributed by atoms with Crippen LogP contribution < -0.4 is 22.3 Å². The van der Waals surface area contributed by atoms with Gasteiger partial charge in [-0.15, -0.1) is 0 Å². The maximum Gasteiger partial charge on any atom is 0.273 e. The Balaban J connectivity index is 1.76. The SMILES string of the molecule is Nc1ccccc1C(=O)NN=C(/C(=N\NC(=O)c1ccccc1N)c1ccccc1)c1ccccc1. The average Bonchev–Trinajstić information content (AvgIpc) is 2.91. The summed E-state index contributed by atoms with van der Waals surface area (Å²) in [5.74, 6) is -0.954. The molecular formula is C28H24N6O2. The molecule has 0 aliphatic carbocycles. The molecule has 8 nitrogen and oxygen atoms in total. The molecule has 178 valence electrons. The predicted octanol–water partition coefficient (Wildman–Crippen LogP) is 3.82. The molecule has 4 rings (SSSR count). The minimum absolute atomic E-state index is 0.291. The molecule has 0 atom stereocenters. The Bertz CT molecular complexity index is 1320. The number of nitrogen functional groups attached to an aromatic ring is 2. The van der Waals surface area contributed by atoms with Gasteiger partial charge in [-0.2, -0.15) is 10.2 Å². The Morgan fingerprint density at radius 3 is 1.19 bits per heavy atom. The maximum absolute atomic E-state index is 12.8. The quantitative estimate of drug-likeness (QED) is 0.183. The first-order valence-corrected chi connectivity index (χ1v) is 11.1. The van der Waals surface area contributed by atoms with Crippen LogP contribution in [0.2, 0.25) is 0 Å². The van der Waals surface area contributed by atoms with E-state index in [0.717, 1.165) is 0 Å². The molecule has 4 aromatic rings. The van der Waals surface area contributed by atoms with Crippen molar-refractivity contribution in [1.82, 2.24) is 10.9 Å². The van der Waals surface area contributed by atoms with Gasteiger partial charge in [-0.3, -0.25) is 9.59 Å². The molecule has 0 heterocycles. The van der Waals surface area contributed by atoms with E-state index in [1.165, 1.54) is 0 Å². The van der Waals surface area contributed by atoms with Gasteiger partial charge in [0, 0.05) is 22.5 Å². The van der Waals surface area contributed by atoms with E-state index in [9.17, 15) is 9.59 Å². The van der Waals surface area contributed by atoms with E-state index in [4.69, 9.17) is 11.5 Å². The summed E-state index contributed by atoms with van der Waals surface area (Å²) in [6.45, 7) is 0. The minimum Gasteiger partial charge on any atom is -0.398 e. The highest BCUT2D eigenvalue weighted by Crippen LogP contribution is 2.14. The van der Waals surface area contributed by atoms with E-state index in [1.807, 2.05) is 60.7 Å². The maximum atomic E-state index is 12.8. The fraction of sp³-hybridized carbons (Fsp3) is 0. The third kappa shape index (κ3) is 5.63. The van der Waals surface area contributed by atoms with Crippen molar-refractivity contribution in [2.24, 2.45) is 10.2 Å². The summed E-state index contributed by atoms with van der Waals surface area (Å²) in [6, 6.07) is 31.8. The normalized spacial score (nSPS) is 11.6. The van der Waals surface area contributed by atoms with Crippen LogP contribution in [0.25, 0.3) is 0 Å². The number of para-hydroxylation sites is 2. The summed E-state index contributed by atoms with van der Waals surface area (Å²) in [5.41, 5.74) is 20.3. The summed E-state index contributed by atoms with van der Waals surface area (Å²) in [6.07, 6.45) is 0. The summed E-state index contributed by atoms with van der Waals surface area (Å²) in [5, 5.41) is 8.82. The highest BCUT2D eigenvalue weighted by atomic mass is 16.2. The van der Waals surface area contributed by atoms with E-state index >= 15 is 0 Å². The fourth-order valence-electron chi connectivity index (χ4n) is 3.44. The Labute approximate surface area is 208 Å². The number of hydrogen-bond donors (Lipinski definition) is 4. The van der Waals surface area contributed by atoms with Crippen molar-refractivity contribution in [2.45, 2.75) is 0 Å². The molecule has 0 unspecified atom stereocenters. The summed E-state index contributed by atoms with van der Waals surface area (Å²) >= 11 is 0. The van der Waals surface area contributed by atoms with Gasteiger partial charge in [0.15, 0.2) is 0 Å². The predicted molar refractivity (Wildman–Crippen MR) is 143 cm³/mol. The zero-order valence-corrected chi connectivity index (χ0v) is 19.3. The highest BCUT2D eigenvalue weighted by Gasteiger charge is 2.18. The van der Waals surface area contributed by atoms with E-state index in [2.05, 4.69) is 21.1 Å². The molecule has 0 saturated heterocycles. The van der Waals surface area contributed by atoms with Gasteiger partial charge in [0.25, 0.3) is 11.8 Å². The van der Waals surface area contributed by atoms with Crippen LogP contribution in [0.3, 0.4) is 0 Å². The van der Waals surface area contributed by atoms with Crippen LogP contribution in [0.5, 0.6) is 0 Å². The van der Waals surface area contributed by atoms with Crippen LogP contribution in [0.1, 0.15) is 31.8 Å². The van der Waals surface area contributed by atoms with Crippen molar-refractivity contribution in [3.8, 4) is 0 Å². The average molecular weight is 477 g/mol.